The Bertz CT molecular complexity index is 3000. The van der Waals surface area contributed by atoms with Crippen LogP contribution in [-0.4, -0.2) is 59.8 Å². The van der Waals surface area contributed by atoms with E-state index in [1.807, 2.05) is 231 Å². The lowest BCUT2D eigenvalue weighted by atomic mass is 10.1. The molecule has 0 atom stereocenters. The summed E-state index contributed by atoms with van der Waals surface area (Å²) in [6.07, 6.45) is 29.0. The summed E-state index contributed by atoms with van der Waals surface area (Å²) in [6.45, 7) is 12.1. The Balaban J connectivity index is 0.000000136. The molecule has 0 fully saturated rings. The van der Waals surface area contributed by atoms with Gasteiger partial charge >= 0.3 is 0 Å². The number of rotatable bonds is 6. The van der Waals surface area contributed by atoms with Crippen LogP contribution in [0.4, 0.5) is 0 Å². The molecule has 12 aromatic heterocycles. The molecular formula is C66H60N12. The second-order valence-corrected chi connectivity index (χ2v) is 17.6. The normalized spacial score (nSPS) is 9.92. The van der Waals surface area contributed by atoms with Gasteiger partial charge in [-0.15, -0.1) is 0 Å². The van der Waals surface area contributed by atoms with Crippen LogP contribution in [-0.2, 0) is 0 Å². The summed E-state index contributed by atoms with van der Waals surface area (Å²) in [5.41, 5.74) is 19.2. The van der Waals surface area contributed by atoms with Gasteiger partial charge in [-0.05, 0) is 185 Å². The molecule has 384 valence electrons. The molecule has 12 rings (SSSR count). The van der Waals surface area contributed by atoms with Crippen molar-refractivity contribution in [2.75, 3.05) is 0 Å². The number of aryl methyl sites for hydroxylation is 6. The summed E-state index contributed by atoms with van der Waals surface area (Å²) in [5, 5.41) is 0. The van der Waals surface area contributed by atoms with E-state index < -0.39 is 0 Å². The minimum Gasteiger partial charge on any atom is -0.265 e. The Hall–Kier alpha value is -10.2. The van der Waals surface area contributed by atoms with E-state index in [9.17, 15) is 0 Å². The first-order valence-corrected chi connectivity index (χ1v) is 25.2. The SMILES string of the molecule is Cc1cccc(-c2ccccn2)n1.Cc1cccc(-c2cccnc2)n1.Cc1cccc(-c2ccncc2)n1.Cc1cncc(-c2ccccn2)c1.Cc1cncc(-c2cccnc2)c1.Cc1cncc(-c2ccncc2)c1. The molecule has 0 aromatic carbocycles. The van der Waals surface area contributed by atoms with Gasteiger partial charge in [-0.2, -0.15) is 0 Å². The standard InChI is InChI=1S/6C11H10N2/c1-9-6-11(8-13-7-9)10-2-4-12-5-3-10;1-9-4-2-6-11(13-9)10-5-3-7-12-8-10;1-9-5-4-7-11(13-9)10-6-2-3-8-12-10;1-9-5-11(8-13-6-9)10-3-2-4-12-7-10;1-9-3-2-4-11(13-9)10-5-7-12-8-6-10;1-9-6-10(8-12-7-9)11-4-2-3-5-13-11/h6*2-8H,1H3. The fourth-order valence-electron chi connectivity index (χ4n) is 7.38. The molecule has 0 aliphatic carbocycles. The quantitative estimate of drug-likeness (QED) is 0.156. The average Bonchev–Trinajstić information content (AvgIpc) is 3.49. The van der Waals surface area contributed by atoms with Crippen LogP contribution in [0.1, 0.15) is 33.8 Å². The number of aromatic nitrogens is 12. The first kappa shape index (κ1) is 55.5. The Morgan fingerprint density at radius 3 is 1.08 bits per heavy atom. The molecule has 12 nitrogen and oxygen atoms in total. The van der Waals surface area contributed by atoms with Crippen molar-refractivity contribution in [3.8, 4) is 67.4 Å². The molecule has 12 aromatic rings. The summed E-state index contributed by atoms with van der Waals surface area (Å²) < 4.78 is 0. The predicted octanol–water partition coefficient (Wildman–Crippen LogP) is 14.7. The van der Waals surface area contributed by atoms with Gasteiger partial charge in [-0.3, -0.25) is 59.8 Å². The topological polar surface area (TPSA) is 155 Å². The Labute approximate surface area is 457 Å². The highest BCUT2D eigenvalue weighted by Crippen LogP contribution is 2.20. The molecule has 12 heterocycles. The third kappa shape index (κ3) is 18.6. The largest absolute Gasteiger partial charge is 0.265 e. The van der Waals surface area contributed by atoms with Crippen LogP contribution >= 0.6 is 0 Å². The number of hydrogen-bond donors (Lipinski definition) is 0. The van der Waals surface area contributed by atoms with Crippen molar-refractivity contribution in [3.63, 3.8) is 0 Å². The number of pyridine rings is 12. The van der Waals surface area contributed by atoms with E-state index in [-0.39, 0.29) is 0 Å². The molecule has 78 heavy (non-hydrogen) atoms. The van der Waals surface area contributed by atoms with Gasteiger partial charge in [0.2, 0.25) is 0 Å². The van der Waals surface area contributed by atoms with Crippen LogP contribution in [0, 0.1) is 41.5 Å². The third-order valence-corrected chi connectivity index (χ3v) is 11.1. The molecule has 0 N–H and O–H groups in total. The minimum atomic E-state index is 0.922. The van der Waals surface area contributed by atoms with Crippen molar-refractivity contribution < 1.29 is 0 Å². The fraction of sp³-hybridized carbons (Fsp3) is 0.0909. The molecule has 0 aliphatic heterocycles. The van der Waals surface area contributed by atoms with Gasteiger partial charge in [-0.25, -0.2) is 0 Å². The van der Waals surface area contributed by atoms with Gasteiger partial charge in [0, 0.05) is 150 Å². The number of hydrogen-bond acceptors (Lipinski definition) is 12. The van der Waals surface area contributed by atoms with Crippen LogP contribution < -0.4 is 0 Å². The van der Waals surface area contributed by atoms with Crippen molar-refractivity contribution in [2.24, 2.45) is 0 Å². The van der Waals surface area contributed by atoms with Gasteiger partial charge in [-0.1, -0.05) is 36.4 Å². The molecule has 12 heteroatoms. The van der Waals surface area contributed by atoms with Crippen LogP contribution in [0.3, 0.4) is 0 Å². The summed E-state index contributed by atoms with van der Waals surface area (Å²) in [7, 11) is 0. The fourth-order valence-corrected chi connectivity index (χ4v) is 7.38. The maximum atomic E-state index is 4.42. The van der Waals surface area contributed by atoms with Gasteiger partial charge in [0.25, 0.3) is 0 Å². The van der Waals surface area contributed by atoms with E-state index in [2.05, 4.69) is 78.0 Å². The maximum Gasteiger partial charge on any atom is 0.0889 e. The molecule has 0 spiro atoms. The van der Waals surface area contributed by atoms with Crippen LogP contribution in [0.15, 0.2) is 257 Å². The zero-order valence-corrected chi connectivity index (χ0v) is 44.6. The van der Waals surface area contributed by atoms with Crippen molar-refractivity contribution in [1.82, 2.24) is 59.8 Å². The Morgan fingerprint density at radius 1 is 0.218 bits per heavy atom. The Kier molecular flexibility index (Phi) is 21.5. The minimum absolute atomic E-state index is 0.922. The average molecular weight is 1020 g/mol. The van der Waals surface area contributed by atoms with Crippen molar-refractivity contribution in [1.29, 1.82) is 0 Å². The lowest BCUT2D eigenvalue weighted by Crippen LogP contribution is -1.87. The monoisotopic (exact) mass is 1020 g/mol. The lowest BCUT2D eigenvalue weighted by Gasteiger charge is -2.00. The van der Waals surface area contributed by atoms with E-state index >= 15 is 0 Å². The van der Waals surface area contributed by atoms with E-state index in [4.69, 9.17) is 0 Å². The van der Waals surface area contributed by atoms with Gasteiger partial charge < -0.3 is 0 Å². The molecule has 0 radical (unpaired) electrons. The molecule has 0 aliphatic rings. The second-order valence-electron chi connectivity index (χ2n) is 17.6. The first-order chi connectivity index (χ1) is 38.2. The maximum absolute atomic E-state index is 4.42. The van der Waals surface area contributed by atoms with E-state index in [1.165, 1.54) is 11.1 Å². The molecule has 0 bridgehead atoms. The van der Waals surface area contributed by atoms with Gasteiger partial charge in [0.15, 0.2) is 0 Å². The summed E-state index contributed by atoms with van der Waals surface area (Å²) in [5.74, 6) is 0. The molecule has 0 unspecified atom stereocenters. The third-order valence-electron chi connectivity index (χ3n) is 11.1. The summed E-state index contributed by atoms with van der Waals surface area (Å²) in [4.78, 5) is 50.1. The molecule has 0 saturated carbocycles. The van der Waals surface area contributed by atoms with Crippen LogP contribution in [0.25, 0.3) is 67.4 Å². The lowest BCUT2D eigenvalue weighted by molar-refractivity contribution is 1.18. The van der Waals surface area contributed by atoms with E-state index in [0.29, 0.717) is 0 Å². The highest BCUT2D eigenvalue weighted by molar-refractivity contribution is 5.63. The van der Waals surface area contributed by atoms with Crippen molar-refractivity contribution in [3.05, 3.63) is 291 Å². The summed E-state index contributed by atoms with van der Waals surface area (Å²) >= 11 is 0. The highest BCUT2D eigenvalue weighted by atomic mass is 14.8. The van der Waals surface area contributed by atoms with E-state index in [0.717, 1.165) is 90.1 Å². The second kappa shape index (κ2) is 30.2. The molecule has 0 saturated heterocycles. The number of nitrogens with zero attached hydrogens (tertiary/aromatic N) is 12. The van der Waals surface area contributed by atoms with Gasteiger partial charge in [0.1, 0.15) is 0 Å². The highest BCUT2D eigenvalue weighted by Gasteiger charge is 2.02. The van der Waals surface area contributed by atoms with Crippen molar-refractivity contribution in [2.45, 2.75) is 41.5 Å². The Morgan fingerprint density at radius 2 is 0.615 bits per heavy atom. The zero-order chi connectivity index (χ0) is 54.6. The van der Waals surface area contributed by atoms with Crippen LogP contribution in [0.2, 0.25) is 0 Å². The molecular weight excluding hydrogens is 961 g/mol. The molecule has 0 amide bonds. The summed E-state index contributed by atoms with van der Waals surface area (Å²) in [6, 6.07) is 51.7. The van der Waals surface area contributed by atoms with E-state index in [1.54, 1.807) is 49.6 Å². The predicted molar refractivity (Wildman–Crippen MR) is 313 cm³/mol. The van der Waals surface area contributed by atoms with Crippen molar-refractivity contribution >= 4 is 0 Å². The van der Waals surface area contributed by atoms with Gasteiger partial charge in [0.05, 0.1) is 28.5 Å². The zero-order valence-electron chi connectivity index (χ0n) is 44.6. The smallest absolute Gasteiger partial charge is 0.0889 e. The van der Waals surface area contributed by atoms with Crippen LogP contribution in [0.5, 0.6) is 0 Å². The first-order valence-electron chi connectivity index (χ1n) is 25.2.